The highest BCUT2D eigenvalue weighted by molar-refractivity contribution is 5.74. The number of para-hydroxylation sites is 8. The van der Waals surface area contributed by atoms with Gasteiger partial charge < -0.3 is 60.9 Å². The molecule has 0 fully saturated rings. The van der Waals surface area contributed by atoms with Crippen molar-refractivity contribution in [2.45, 2.75) is 155 Å². The van der Waals surface area contributed by atoms with Gasteiger partial charge in [-0.1, -0.05) is 223 Å². The molecule has 9 N–H and O–H groups in total. The second kappa shape index (κ2) is 44.7. The van der Waals surface area contributed by atoms with Crippen LogP contribution in [0.4, 0.5) is 26.3 Å². The van der Waals surface area contributed by atoms with Crippen LogP contribution in [0.25, 0.3) is 0 Å². The largest absolute Gasteiger partial charge is 0.480 e. The third-order valence-electron chi connectivity index (χ3n) is 20.5. The summed E-state index contributed by atoms with van der Waals surface area (Å²) in [6.45, 7) is 20.8. The van der Waals surface area contributed by atoms with Crippen molar-refractivity contribution >= 4 is 17.9 Å². The van der Waals surface area contributed by atoms with Crippen LogP contribution in [0.2, 0.25) is 0 Å². The maximum atomic E-state index is 13.2. The Balaban J connectivity index is 0.000000197. The second-order valence-electron chi connectivity index (χ2n) is 32.8. The summed E-state index contributed by atoms with van der Waals surface area (Å²) in [5.41, 5.74) is 25.5. The van der Waals surface area contributed by atoms with Crippen molar-refractivity contribution < 1.29 is 84.5 Å². The summed E-state index contributed by atoms with van der Waals surface area (Å²) in [6, 6.07) is 83.3. The summed E-state index contributed by atoms with van der Waals surface area (Å²) in [5, 5.41) is 28.1. The lowest BCUT2D eigenvalue weighted by Gasteiger charge is -2.27. The van der Waals surface area contributed by atoms with Gasteiger partial charge in [-0.25, -0.2) is 0 Å². The number of nitrogens with zero attached hydrogens (tertiary/aromatic N) is 3. The minimum absolute atomic E-state index is 0.0589. The van der Waals surface area contributed by atoms with Crippen molar-refractivity contribution in [3.8, 4) is 69.0 Å². The van der Waals surface area contributed by atoms with Crippen molar-refractivity contribution in [3.63, 3.8) is 0 Å². The lowest BCUT2D eigenvalue weighted by Crippen LogP contribution is -2.35. The van der Waals surface area contributed by atoms with E-state index in [1.54, 1.807) is 24.3 Å². The first-order valence-electron chi connectivity index (χ1n) is 41.3. The first-order chi connectivity index (χ1) is 60.0. The fourth-order valence-corrected chi connectivity index (χ4v) is 13.7. The van der Waals surface area contributed by atoms with Crippen LogP contribution in [0.15, 0.2) is 291 Å². The number of carboxylic acid groups (broad SMARTS) is 3. The van der Waals surface area contributed by atoms with Gasteiger partial charge in [0.25, 0.3) is 0 Å². The smallest absolute Gasteiger partial charge is 0.416 e. The molecule has 0 aromatic heterocycles. The van der Waals surface area contributed by atoms with Crippen LogP contribution in [0.1, 0.15) is 128 Å². The minimum Gasteiger partial charge on any atom is -0.480 e. The molecule has 0 spiro atoms. The van der Waals surface area contributed by atoms with Gasteiger partial charge in [0.2, 0.25) is 0 Å². The number of halogens is 6. The van der Waals surface area contributed by atoms with Crippen LogP contribution >= 0.6 is 0 Å². The summed E-state index contributed by atoms with van der Waals surface area (Å²) >= 11 is 0. The zero-order valence-corrected chi connectivity index (χ0v) is 71.8. The molecule has 12 aromatic rings. The number of hydrogen-bond acceptors (Lipinski definition) is 15. The van der Waals surface area contributed by atoms with Gasteiger partial charge in [0.05, 0.1) is 11.1 Å². The SMILES string of the molecule is CC(C)(C)c1ccccc1Oc1ccccc1CN(CC[C@H](N)C(=O)O)Cc1ccccc1Oc1ccccc1C(C)(C)C.Cc1ccc(Oc2ccccc2CN(CC[C@H](N)C(=O)O)Cc2ccccc2Oc2ccc(C(F)(F)F)cc2)cc1.Cc1cccc(Oc2ccccc2CN(CC[C@H](N)C(=O)O)Cc2ccccc2Oc2cccc(C(F)(F)F)c2)c1. The average Bonchev–Trinajstić information content (AvgIpc) is 0.821. The molecule has 126 heavy (non-hydrogen) atoms. The standard InChI is InChI=1S/C38H46N2O4.2C32H31F3N2O4/c1-37(2,3)29-17-9-13-21-34(29)43-32-19-11-7-15-27(32)25-40(24-23-31(39)36(41)42)26-28-16-8-12-20-33(28)44-35-22-14-10-18-30(35)38(4,5)6;1-22-8-6-12-26(18-22)40-29-14-4-2-9-23(29)20-37(17-16-28(36)31(38)39)21-24-10-3-5-15-30(24)41-27-13-7-11-25(19-27)32(33,34)35;1-22-10-14-26(15-11-22)40-29-8-4-2-6-23(29)20-37(19-18-28(36)31(38)39)21-24-7-3-5-9-30(24)41-27-16-12-25(13-17-27)32(33,34)35/h7-22,31H,23-26,39H2,1-6H3,(H,41,42);2-15,18-19,28H,16-17,20-21,36H2,1H3,(H,38,39);2-17,28H,18-21,36H2,1H3,(H,38,39)/t31-;2*28-/m000/s1. The molecule has 18 nitrogen and oxygen atoms in total. The first kappa shape index (κ1) is 95.4. The fraction of sp³-hybridized carbons (Fsp3) is 0.265. The Morgan fingerprint density at radius 1 is 0.294 bits per heavy atom. The summed E-state index contributed by atoms with van der Waals surface area (Å²) in [6.07, 6.45) is -8.23. The number of carbonyl (C=O) groups is 3. The van der Waals surface area contributed by atoms with E-state index in [4.69, 9.17) is 45.6 Å². The molecular formula is C102H108F6N6O12. The van der Waals surface area contributed by atoms with E-state index in [1.165, 1.54) is 24.3 Å². The molecule has 660 valence electrons. The van der Waals surface area contributed by atoms with Crippen molar-refractivity contribution in [2.24, 2.45) is 17.2 Å². The number of carboxylic acids is 3. The van der Waals surface area contributed by atoms with Gasteiger partial charge in [0.1, 0.15) is 87.1 Å². The van der Waals surface area contributed by atoms with Crippen molar-refractivity contribution in [3.05, 3.63) is 358 Å². The highest BCUT2D eigenvalue weighted by Gasteiger charge is 2.33. The quantitative estimate of drug-likeness (QED) is 0.0200. The summed E-state index contributed by atoms with van der Waals surface area (Å²) in [7, 11) is 0. The topological polar surface area (TPSA) is 255 Å². The number of hydrogen-bond donors (Lipinski definition) is 6. The lowest BCUT2D eigenvalue weighted by atomic mass is 9.86. The van der Waals surface area contributed by atoms with E-state index < -0.39 is 59.5 Å². The number of ether oxygens (including phenoxy) is 6. The second-order valence-corrected chi connectivity index (χ2v) is 32.8. The Hall–Kier alpha value is -12.8. The number of aliphatic carboxylic acids is 3. The Morgan fingerprint density at radius 3 is 0.849 bits per heavy atom. The van der Waals surface area contributed by atoms with Gasteiger partial charge in [-0.05, 0) is 165 Å². The van der Waals surface area contributed by atoms with Gasteiger partial charge in [-0.15, -0.1) is 0 Å². The van der Waals surface area contributed by atoms with E-state index in [9.17, 15) is 56.0 Å². The van der Waals surface area contributed by atoms with Gasteiger partial charge >= 0.3 is 30.3 Å². The van der Waals surface area contributed by atoms with Gasteiger partial charge in [-0.2, -0.15) is 26.3 Å². The molecule has 12 aromatic carbocycles. The molecule has 0 radical (unpaired) electrons. The Bertz CT molecular complexity index is 5440. The summed E-state index contributed by atoms with van der Waals surface area (Å²) < 4.78 is 116. The van der Waals surface area contributed by atoms with Crippen molar-refractivity contribution in [1.29, 1.82) is 0 Å². The third kappa shape index (κ3) is 29.4. The number of aryl methyl sites for hydroxylation is 2. The van der Waals surface area contributed by atoms with Crippen LogP contribution < -0.4 is 45.6 Å². The molecule has 0 saturated carbocycles. The van der Waals surface area contributed by atoms with Crippen LogP contribution in [0, 0.1) is 13.8 Å². The molecule has 0 amide bonds. The Kier molecular flexibility index (Phi) is 33.8. The minimum atomic E-state index is -4.49. The molecular weight excluding hydrogens is 1620 g/mol. The molecule has 0 aliphatic heterocycles. The molecule has 0 aliphatic carbocycles. The van der Waals surface area contributed by atoms with Crippen LogP contribution in [-0.2, 0) is 76.8 Å². The Morgan fingerprint density at radius 2 is 0.556 bits per heavy atom. The molecule has 3 atom stereocenters. The lowest BCUT2D eigenvalue weighted by molar-refractivity contribution is -0.139. The molecule has 0 heterocycles. The zero-order chi connectivity index (χ0) is 90.7. The van der Waals surface area contributed by atoms with Crippen molar-refractivity contribution in [2.75, 3.05) is 19.6 Å². The highest BCUT2D eigenvalue weighted by atomic mass is 19.4. The van der Waals surface area contributed by atoms with E-state index in [1.807, 2.05) is 218 Å². The van der Waals surface area contributed by atoms with E-state index in [0.717, 1.165) is 97.3 Å². The average molecular weight is 1720 g/mol. The molecule has 0 aliphatic rings. The van der Waals surface area contributed by atoms with Gasteiger partial charge in [0.15, 0.2) is 0 Å². The van der Waals surface area contributed by atoms with Gasteiger partial charge in [-0.3, -0.25) is 29.1 Å². The van der Waals surface area contributed by atoms with Crippen LogP contribution in [0.5, 0.6) is 69.0 Å². The summed E-state index contributed by atoms with van der Waals surface area (Å²) in [5.74, 6) is 3.88. The van der Waals surface area contributed by atoms with Crippen LogP contribution in [0.3, 0.4) is 0 Å². The molecule has 0 bridgehead atoms. The molecule has 0 saturated heterocycles. The zero-order valence-electron chi connectivity index (χ0n) is 71.8. The fourth-order valence-electron chi connectivity index (χ4n) is 13.7. The molecule has 24 heteroatoms. The summed E-state index contributed by atoms with van der Waals surface area (Å²) in [4.78, 5) is 40.6. The Labute approximate surface area is 732 Å². The molecule has 12 rings (SSSR count). The number of rotatable bonds is 36. The number of benzene rings is 12. The van der Waals surface area contributed by atoms with E-state index >= 15 is 0 Å². The predicted molar refractivity (Wildman–Crippen MR) is 478 cm³/mol. The van der Waals surface area contributed by atoms with E-state index in [-0.39, 0.29) is 35.2 Å². The normalized spacial score (nSPS) is 12.4. The van der Waals surface area contributed by atoms with E-state index in [2.05, 4.69) is 70.7 Å². The maximum Gasteiger partial charge on any atom is 0.416 e. The monoisotopic (exact) mass is 1720 g/mol. The van der Waals surface area contributed by atoms with Crippen LogP contribution in [-0.4, -0.2) is 85.7 Å². The van der Waals surface area contributed by atoms with Gasteiger partial charge in [0, 0.05) is 103 Å². The predicted octanol–water partition coefficient (Wildman–Crippen LogP) is 23.5. The highest BCUT2D eigenvalue weighted by Crippen LogP contribution is 2.41. The number of nitrogens with two attached hydrogens (primary N) is 3. The maximum absolute atomic E-state index is 13.2. The number of alkyl halides is 6. The van der Waals surface area contributed by atoms with Crippen molar-refractivity contribution in [1.82, 2.24) is 14.7 Å². The van der Waals surface area contributed by atoms with E-state index in [0.29, 0.717) is 105 Å². The third-order valence-corrected chi connectivity index (χ3v) is 20.5. The first-order valence-corrected chi connectivity index (χ1v) is 41.3. The molecule has 0 unspecified atom stereocenters.